The zero-order valence-corrected chi connectivity index (χ0v) is 14.2. The van der Waals surface area contributed by atoms with E-state index in [0.717, 1.165) is 12.0 Å². The number of para-hydroxylation sites is 1. The van der Waals surface area contributed by atoms with Crippen molar-refractivity contribution < 1.29 is 19.1 Å². The number of esters is 1. The second kappa shape index (κ2) is 8.36. The van der Waals surface area contributed by atoms with E-state index in [1.807, 2.05) is 25.1 Å². The molecule has 0 bridgehead atoms. The summed E-state index contributed by atoms with van der Waals surface area (Å²) in [7, 11) is 1.44. The van der Waals surface area contributed by atoms with Crippen LogP contribution in [0.1, 0.15) is 22.8 Å². The lowest BCUT2D eigenvalue weighted by Crippen LogP contribution is -2.21. The fraction of sp³-hybridized carbons (Fsp3) is 0.222. The molecule has 0 aromatic heterocycles. The molecule has 24 heavy (non-hydrogen) atoms. The highest BCUT2D eigenvalue weighted by atomic mass is 35.5. The van der Waals surface area contributed by atoms with Gasteiger partial charge in [0.25, 0.3) is 5.91 Å². The summed E-state index contributed by atoms with van der Waals surface area (Å²) in [5.41, 5.74) is 1.89. The predicted molar refractivity (Wildman–Crippen MR) is 92.7 cm³/mol. The van der Waals surface area contributed by atoms with Gasteiger partial charge in [0, 0.05) is 10.7 Å². The summed E-state index contributed by atoms with van der Waals surface area (Å²) in [5.74, 6) is -0.750. The van der Waals surface area contributed by atoms with Gasteiger partial charge in [-0.25, -0.2) is 4.79 Å². The molecule has 2 rings (SSSR count). The average molecular weight is 348 g/mol. The van der Waals surface area contributed by atoms with E-state index in [-0.39, 0.29) is 5.56 Å². The van der Waals surface area contributed by atoms with Gasteiger partial charge >= 0.3 is 5.97 Å². The van der Waals surface area contributed by atoms with E-state index >= 15 is 0 Å². The quantitative estimate of drug-likeness (QED) is 0.809. The molecule has 0 aliphatic carbocycles. The molecule has 1 N–H and O–H groups in total. The fourth-order valence-electron chi connectivity index (χ4n) is 2.19. The highest BCUT2D eigenvalue weighted by Crippen LogP contribution is 2.23. The summed E-state index contributed by atoms with van der Waals surface area (Å²) in [5, 5.41) is 3.11. The molecule has 6 heteroatoms. The van der Waals surface area contributed by atoms with Gasteiger partial charge in [0.2, 0.25) is 0 Å². The molecular formula is C18H18ClNO4. The van der Waals surface area contributed by atoms with E-state index < -0.39 is 18.5 Å². The Labute approximate surface area is 145 Å². The number of hydrogen-bond donors (Lipinski definition) is 1. The Balaban J connectivity index is 1.99. The number of hydrogen-bond acceptors (Lipinski definition) is 4. The number of benzene rings is 2. The van der Waals surface area contributed by atoms with Crippen molar-refractivity contribution in [3.05, 3.63) is 58.6 Å². The lowest BCUT2D eigenvalue weighted by molar-refractivity contribution is -0.119. The maximum Gasteiger partial charge on any atom is 0.342 e. The van der Waals surface area contributed by atoms with Gasteiger partial charge in [-0.05, 0) is 36.2 Å². The second-order valence-corrected chi connectivity index (χ2v) is 5.42. The topological polar surface area (TPSA) is 64.6 Å². The van der Waals surface area contributed by atoms with Crippen LogP contribution in [0.2, 0.25) is 5.02 Å². The predicted octanol–water partition coefficient (Wildman–Crippen LogP) is 3.71. The molecule has 0 heterocycles. The van der Waals surface area contributed by atoms with Crippen molar-refractivity contribution >= 4 is 29.2 Å². The lowest BCUT2D eigenvalue weighted by Gasteiger charge is -2.11. The van der Waals surface area contributed by atoms with Gasteiger partial charge in [-0.3, -0.25) is 4.79 Å². The smallest absolute Gasteiger partial charge is 0.342 e. The van der Waals surface area contributed by atoms with Crippen molar-refractivity contribution in [2.75, 3.05) is 19.0 Å². The number of carbonyl (C=O) groups excluding carboxylic acids is 2. The third-order valence-corrected chi connectivity index (χ3v) is 3.62. The third kappa shape index (κ3) is 4.49. The summed E-state index contributed by atoms with van der Waals surface area (Å²) in [6.07, 6.45) is 0.788. The SMILES string of the molecule is CCc1ccccc1NC(=O)COC(=O)c1cc(Cl)ccc1OC. The van der Waals surface area contributed by atoms with Crippen LogP contribution in [0.3, 0.4) is 0 Å². The monoisotopic (exact) mass is 347 g/mol. The van der Waals surface area contributed by atoms with E-state index in [0.29, 0.717) is 16.5 Å². The van der Waals surface area contributed by atoms with Crippen LogP contribution >= 0.6 is 11.6 Å². The minimum Gasteiger partial charge on any atom is -0.496 e. The van der Waals surface area contributed by atoms with Gasteiger partial charge in [-0.1, -0.05) is 36.7 Å². The average Bonchev–Trinajstić information content (AvgIpc) is 2.60. The van der Waals surface area contributed by atoms with Crippen LogP contribution in [0.15, 0.2) is 42.5 Å². The first-order chi connectivity index (χ1) is 11.5. The number of anilines is 1. The summed E-state index contributed by atoms with van der Waals surface area (Å²) in [6.45, 7) is 1.60. The molecule has 5 nitrogen and oxygen atoms in total. The van der Waals surface area contributed by atoms with Gasteiger partial charge < -0.3 is 14.8 Å². The number of methoxy groups -OCH3 is 1. The minimum atomic E-state index is -0.673. The van der Waals surface area contributed by atoms with E-state index in [1.165, 1.54) is 13.2 Å². The molecule has 126 valence electrons. The van der Waals surface area contributed by atoms with Crippen LogP contribution in [0.4, 0.5) is 5.69 Å². The molecule has 0 radical (unpaired) electrons. The van der Waals surface area contributed by atoms with Crippen molar-refractivity contribution in [2.24, 2.45) is 0 Å². The van der Waals surface area contributed by atoms with Gasteiger partial charge in [0.1, 0.15) is 11.3 Å². The van der Waals surface area contributed by atoms with Crippen LogP contribution in [0, 0.1) is 0 Å². The maximum atomic E-state index is 12.1. The van der Waals surface area contributed by atoms with Crippen molar-refractivity contribution in [3.63, 3.8) is 0 Å². The number of rotatable bonds is 6. The molecule has 0 atom stereocenters. The maximum absolute atomic E-state index is 12.1. The van der Waals surface area contributed by atoms with Crippen molar-refractivity contribution in [1.29, 1.82) is 0 Å². The van der Waals surface area contributed by atoms with E-state index in [2.05, 4.69) is 5.32 Å². The molecule has 2 aromatic carbocycles. The molecule has 0 fully saturated rings. The fourth-order valence-corrected chi connectivity index (χ4v) is 2.36. The first-order valence-electron chi connectivity index (χ1n) is 7.43. The number of halogens is 1. The van der Waals surface area contributed by atoms with Crippen molar-refractivity contribution in [2.45, 2.75) is 13.3 Å². The highest BCUT2D eigenvalue weighted by Gasteiger charge is 2.16. The molecule has 0 unspecified atom stereocenters. The summed E-state index contributed by atoms with van der Waals surface area (Å²) < 4.78 is 10.1. The number of carbonyl (C=O) groups is 2. The Hall–Kier alpha value is -2.53. The molecule has 0 spiro atoms. The van der Waals surface area contributed by atoms with Crippen LogP contribution < -0.4 is 10.1 Å². The molecular weight excluding hydrogens is 330 g/mol. The largest absolute Gasteiger partial charge is 0.496 e. The molecule has 0 saturated carbocycles. The van der Waals surface area contributed by atoms with Crippen LogP contribution in [-0.2, 0) is 16.0 Å². The lowest BCUT2D eigenvalue weighted by atomic mass is 10.1. The Bertz CT molecular complexity index is 746. The van der Waals surface area contributed by atoms with Gasteiger partial charge in [0.05, 0.1) is 7.11 Å². The minimum absolute atomic E-state index is 0.173. The van der Waals surface area contributed by atoms with Crippen LogP contribution in [0.5, 0.6) is 5.75 Å². The van der Waals surface area contributed by atoms with Gasteiger partial charge in [-0.2, -0.15) is 0 Å². The number of ether oxygens (including phenoxy) is 2. The number of nitrogens with one attached hydrogen (secondary N) is 1. The third-order valence-electron chi connectivity index (χ3n) is 3.39. The van der Waals surface area contributed by atoms with Gasteiger partial charge in [0.15, 0.2) is 6.61 Å². The van der Waals surface area contributed by atoms with Gasteiger partial charge in [-0.15, -0.1) is 0 Å². The van der Waals surface area contributed by atoms with Crippen LogP contribution in [0.25, 0.3) is 0 Å². The van der Waals surface area contributed by atoms with E-state index in [9.17, 15) is 9.59 Å². The summed E-state index contributed by atoms with van der Waals surface area (Å²) >= 11 is 5.88. The Kier molecular flexibility index (Phi) is 6.21. The number of aryl methyl sites for hydroxylation is 1. The van der Waals surface area contributed by atoms with Crippen molar-refractivity contribution in [1.82, 2.24) is 0 Å². The molecule has 1 amide bonds. The molecule has 0 aliphatic heterocycles. The van der Waals surface area contributed by atoms with E-state index in [4.69, 9.17) is 21.1 Å². The Morgan fingerprint density at radius 2 is 1.92 bits per heavy atom. The van der Waals surface area contributed by atoms with Crippen LogP contribution in [-0.4, -0.2) is 25.6 Å². The molecule has 2 aromatic rings. The molecule has 0 saturated heterocycles. The zero-order chi connectivity index (χ0) is 17.5. The summed E-state index contributed by atoms with van der Waals surface area (Å²) in [4.78, 5) is 24.1. The first kappa shape index (κ1) is 17.8. The zero-order valence-electron chi connectivity index (χ0n) is 13.5. The Morgan fingerprint density at radius 1 is 1.17 bits per heavy atom. The highest BCUT2D eigenvalue weighted by molar-refractivity contribution is 6.31. The number of amides is 1. The second-order valence-electron chi connectivity index (χ2n) is 4.98. The van der Waals surface area contributed by atoms with Crippen molar-refractivity contribution in [3.8, 4) is 5.75 Å². The molecule has 0 aliphatic rings. The standard InChI is InChI=1S/C18H18ClNO4/c1-3-12-6-4-5-7-15(12)20-17(21)11-24-18(22)14-10-13(19)8-9-16(14)23-2/h4-10H,3,11H2,1-2H3,(H,20,21). The summed E-state index contributed by atoms with van der Waals surface area (Å²) in [6, 6.07) is 12.1. The Morgan fingerprint density at radius 3 is 2.62 bits per heavy atom. The normalized spacial score (nSPS) is 10.1. The first-order valence-corrected chi connectivity index (χ1v) is 7.81. The van der Waals surface area contributed by atoms with E-state index in [1.54, 1.807) is 18.2 Å².